The first kappa shape index (κ1) is 19.1. The van der Waals surface area contributed by atoms with Gasteiger partial charge in [0.1, 0.15) is 6.10 Å². The molecule has 1 aliphatic heterocycles. The minimum absolute atomic E-state index is 0.236. The summed E-state index contributed by atoms with van der Waals surface area (Å²) in [6, 6.07) is 9.54. The van der Waals surface area contributed by atoms with E-state index in [1.54, 1.807) is 26.8 Å². The Hall–Kier alpha value is -1.25. The fourth-order valence-electron chi connectivity index (χ4n) is 2.37. The number of carbonyl (C=O) groups is 2. The van der Waals surface area contributed by atoms with Crippen LogP contribution in [0.5, 0.6) is 0 Å². The maximum atomic E-state index is 13.0. The highest BCUT2D eigenvalue weighted by Crippen LogP contribution is 2.29. The van der Waals surface area contributed by atoms with Crippen LogP contribution in [0.1, 0.15) is 20.8 Å². The number of hydrogen-bond donors (Lipinski definition) is 0. The normalized spacial score (nSPS) is 23.5. The molecule has 1 heterocycles. The summed E-state index contributed by atoms with van der Waals surface area (Å²) in [4.78, 5) is 25.4. The maximum Gasteiger partial charge on any atom is 0.366 e. The zero-order chi connectivity index (χ0) is 17.7. The zero-order valence-electron chi connectivity index (χ0n) is 14.0. The summed E-state index contributed by atoms with van der Waals surface area (Å²) >= 11 is -0.900. The molecule has 0 saturated carbocycles. The molecule has 3 atom stereocenters. The molecule has 1 fully saturated rings. The molecule has 1 aromatic rings. The minimum atomic E-state index is -0.900. The first-order valence-electron chi connectivity index (χ1n) is 7.75. The highest BCUT2D eigenvalue weighted by Gasteiger charge is 2.52. The number of rotatable bonds is 7. The number of ether oxygens (including phenoxy) is 3. The van der Waals surface area contributed by atoms with Gasteiger partial charge in [0.05, 0.1) is 6.61 Å². The average molecular weight is 445 g/mol. The molecule has 1 aliphatic rings. The van der Waals surface area contributed by atoms with Gasteiger partial charge in [0, 0.05) is 0 Å². The lowest BCUT2D eigenvalue weighted by molar-refractivity contribution is -0.639. The number of ketones is 1. The summed E-state index contributed by atoms with van der Waals surface area (Å²) in [6.07, 6.45) is 0.139. The van der Waals surface area contributed by atoms with Crippen LogP contribution in [0.4, 0.5) is 0 Å². The van der Waals surface area contributed by atoms with E-state index < -0.39 is 49.1 Å². The van der Waals surface area contributed by atoms with E-state index in [9.17, 15) is 9.59 Å². The quantitative estimate of drug-likeness (QED) is 0.180. The Bertz CT molecular complexity index is 599. The molecule has 0 aliphatic carbocycles. The van der Waals surface area contributed by atoms with Crippen LogP contribution >= 0.6 is 0 Å². The van der Waals surface area contributed by atoms with Crippen molar-refractivity contribution in [3.05, 3.63) is 46.6 Å². The number of carbonyl (C=O) groups excluding carboxylic acids is 2. The fourth-order valence-corrected chi connectivity index (χ4v) is 5.01. The maximum absolute atomic E-state index is 13.0. The van der Waals surface area contributed by atoms with Gasteiger partial charge in [-0.15, -0.1) is 6.58 Å². The van der Waals surface area contributed by atoms with Crippen LogP contribution in [0.25, 0.3) is 0 Å². The van der Waals surface area contributed by atoms with Crippen LogP contribution in [0.3, 0.4) is 0 Å². The van der Waals surface area contributed by atoms with E-state index in [1.165, 1.54) is 0 Å². The van der Waals surface area contributed by atoms with Crippen LogP contribution in [0, 0.1) is 3.57 Å². The van der Waals surface area contributed by atoms with Gasteiger partial charge >= 0.3 is 31.1 Å². The minimum Gasteiger partial charge on any atom is -0.462 e. The number of Topliss-reactive ketones (excluding diaryl/α,β-unsaturated/α-hetero) is 1. The molecule has 1 unspecified atom stereocenters. The first-order chi connectivity index (χ1) is 11.4. The van der Waals surface area contributed by atoms with Crippen molar-refractivity contribution in [1.29, 1.82) is 0 Å². The second kappa shape index (κ2) is 8.22. The molecule has 0 N–H and O–H groups in total. The van der Waals surface area contributed by atoms with Crippen molar-refractivity contribution in [2.75, 3.05) is 6.61 Å². The third-order valence-corrected chi connectivity index (χ3v) is 6.54. The molecule has 0 amide bonds. The molecule has 1 saturated heterocycles. The van der Waals surface area contributed by atoms with Crippen molar-refractivity contribution >= 4 is 11.8 Å². The summed E-state index contributed by atoms with van der Waals surface area (Å²) in [5.41, 5.74) is 0. The molecule has 0 spiro atoms. The van der Waals surface area contributed by atoms with Crippen LogP contribution in [0.15, 0.2) is 43.0 Å². The fraction of sp³-hybridized carbons (Fsp3) is 0.444. The Morgan fingerprint density at radius 3 is 2.58 bits per heavy atom. The van der Waals surface area contributed by atoms with Gasteiger partial charge in [-0.1, -0.05) is 24.3 Å². The molecular weight excluding hydrogens is 423 g/mol. The van der Waals surface area contributed by atoms with E-state index in [-0.39, 0.29) is 12.4 Å². The van der Waals surface area contributed by atoms with Gasteiger partial charge < -0.3 is 14.2 Å². The summed E-state index contributed by atoms with van der Waals surface area (Å²) in [5.74, 6) is -1.67. The van der Waals surface area contributed by atoms with Gasteiger partial charge in [-0.05, 0) is 32.9 Å². The molecule has 24 heavy (non-hydrogen) atoms. The van der Waals surface area contributed by atoms with Gasteiger partial charge in [-0.3, -0.25) is 4.79 Å². The Morgan fingerprint density at radius 1 is 1.33 bits per heavy atom. The van der Waals surface area contributed by atoms with Crippen LogP contribution in [-0.2, 0) is 23.8 Å². The molecule has 0 aromatic heterocycles. The van der Waals surface area contributed by atoms with Crippen LogP contribution < -0.4 is 21.2 Å². The molecule has 2 rings (SSSR count). The van der Waals surface area contributed by atoms with E-state index in [1.807, 2.05) is 30.3 Å². The molecular formula is C18H22IO5+. The van der Waals surface area contributed by atoms with Crippen molar-refractivity contribution < 1.29 is 45.0 Å². The third-order valence-electron chi connectivity index (χ3n) is 3.35. The summed E-state index contributed by atoms with van der Waals surface area (Å²) in [6.45, 7) is 9.14. The monoisotopic (exact) mass is 445 g/mol. The van der Waals surface area contributed by atoms with Gasteiger partial charge in [-0.25, -0.2) is 4.79 Å². The summed E-state index contributed by atoms with van der Waals surface area (Å²) in [5, 5.41) is 0. The summed E-state index contributed by atoms with van der Waals surface area (Å²) < 4.78 is 16.7. The SMILES string of the molecule is C=C[C@H]1OC(C)(C)O[C@H]1C(=O)C([I+]c1ccccc1)C(=O)OCC. The topological polar surface area (TPSA) is 61.8 Å². The second-order valence-electron chi connectivity index (χ2n) is 5.68. The molecule has 1 aromatic carbocycles. The highest BCUT2D eigenvalue weighted by molar-refractivity contribution is 6.04. The molecule has 5 nitrogen and oxygen atoms in total. The largest absolute Gasteiger partial charge is 0.462 e. The molecule has 0 bridgehead atoms. The van der Waals surface area contributed by atoms with Crippen LogP contribution in [0.2, 0.25) is 0 Å². The average Bonchev–Trinajstić information content (AvgIpc) is 2.88. The standard InChI is InChI=1S/C18H22IO5/c1-5-13-16(24-18(3,4)23-13)15(20)14(17(21)22-6-2)19-12-10-8-7-9-11-12/h5,7-11,13-14,16H,1,6H2,2-4H3/q+1/t13-,14?,16-/m1/s1. The summed E-state index contributed by atoms with van der Waals surface area (Å²) in [7, 11) is 0. The Kier molecular flexibility index (Phi) is 6.54. The number of benzene rings is 1. The molecule has 130 valence electrons. The smallest absolute Gasteiger partial charge is 0.366 e. The predicted octanol–water partition coefficient (Wildman–Crippen LogP) is -0.848. The predicted molar refractivity (Wildman–Crippen MR) is 84.6 cm³/mol. The number of alkyl halides is 1. The van der Waals surface area contributed by atoms with Gasteiger partial charge in [0.2, 0.25) is 5.78 Å². The van der Waals surface area contributed by atoms with Crippen molar-refractivity contribution in [3.8, 4) is 0 Å². The van der Waals surface area contributed by atoms with Gasteiger partial charge in [0.15, 0.2) is 15.5 Å². The third kappa shape index (κ3) is 4.64. The van der Waals surface area contributed by atoms with Crippen molar-refractivity contribution in [1.82, 2.24) is 0 Å². The van der Waals surface area contributed by atoms with Crippen molar-refractivity contribution in [2.24, 2.45) is 0 Å². The number of hydrogen-bond acceptors (Lipinski definition) is 5. The van der Waals surface area contributed by atoms with E-state index in [4.69, 9.17) is 14.2 Å². The van der Waals surface area contributed by atoms with E-state index >= 15 is 0 Å². The van der Waals surface area contributed by atoms with E-state index in [2.05, 4.69) is 6.58 Å². The first-order valence-corrected chi connectivity index (χ1v) is 10.1. The zero-order valence-corrected chi connectivity index (χ0v) is 16.2. The Balaban J connectivity index is 2.24. The van der Waals surface area contributed by atoms with Crippen molar-refractivity contribution in [3.63, 3.8) is 0 Å². The van der Waals surface area contributed by atoms with Gasteiger partial charge in [-0.2, -0.15) is 0 Å². The Labute approximate surface area is 152 Å². The lowest BCUT2D eigenvalue weighted by atomic mass is 10.1. The molecule has 0 radical (unpaired) electrons. The number of esters is 1. The van der Waals surface area contributed by atoms with E-state index in [0.717, 1.165) is 3.57 Å². The highest BCUT2D eigenvalue weighted by atomic mass is 127. The Morgan fingerprint density at radius 2 is 2.00 bits per heavy atom. The van der Waals surface area contributed by atoms with E-state index in [0.29, 0.717) is 0 Å². The second-order valence-corrected chi connectivity index (χ2v) is 8.79. The van der Waals surface area contributed by atoms with Gasteiger partial charge in [0.25, 0.3) is 0 Å². The van der Waals surface area contributed by atoms with Crippen LogP contribution in [-0.4, -0.2) is 40.3 Å². The molecule has 6 heteroatoms. The number of halogens is 1. The lowest BCUT2D eigenvalue weighted by Crippen LogP contribution is -3.66. The van der Waals surface area contributed by atoms with Crippen molar-refractivity contribution in [2.45, 2.75) is 42.7 Å². The lowest BCUT2D eigenvalue weighted by Gasteiger charge is -2.16.